The lowest BCUT2D eigenvalue weighted by atomic mass is 10.0. The van der Waals surface area contributed by atoms with Gasteiger partial charge in [0.25, 0.3) is 0 Å². The molecule has 0 saturated heterocycles. The molecule has 2 aromatic rings. The third kappa shape index (κ3) is 5.96. The van der Waals surface area contributed by atoms with Gasteiger partial charge >= 0.3 is 5.97 Å². The van der Waals surface area contributed by atoms with Crippen LogP contribution in [0.1, 0.15) is 44.7 Å². The lowest BCUT2D eigenvalue weighted by molar-refractivity contribution is -0.145. The average molecular weight is 529 g/mol. The molecule has 0 aliphatic carbocycles. The van der Waals surface area contributed by atoms with Gasteiger partial charge in [-0.1, -0.05) is 13.8 Å². The second-order valence-electron chi connectivity index (χ2n) is 7.52. The molecule has 6 nitrogen and oxygen atoms in total. The molecule has 2 rings (SSSR count). The van der Waals surface area contributed by atoms with Gasteiger partial charge in [-0.2, -0.15) is 0 Å². The maximum atomic E-state index is 12.2. The van der Waals surface area contributed by atoms with Crippen LogP contribution in [0.25, 0.3) is 0 Å². The molecule has 0 aromatic heterocycles. The predicted molar refractivity (Wildman–Crippen MR) is 118 cm³/mol. The van der Waals surface area contributed by atoms with Gasteiger partial charge < -0.3 is 20.3 Å². The molecule has 156 valence electrons. The maximum absolute atomic E-state index is 12.2. The van der Waals surface area contributed by atoms with E-state index in [-0.39, 0.29) is 18.1 Å². The number of phenolic OH excluding ortho intramolecular Hbond substituents is 1. The molecule has 0 aliphatic rings. The summed E-state index contributed by atoms with van der Waals surface area (Å²) >= 11 is 6.92. The third-order valence-corrected chi connectivity index (χ3v) is 5.43. The van der Waals surface area contributed by atoms with Crippen molar-refractivity contribution in [3.63, 3.8) is 0 Å². The summed E-state index contributed by atoms with van der Waals surface area (Å²) in [6.45, 7) is 6.82. The number of aliphatic carboxylic acids is 1. The van der Waals surface area contributed by atoms with Crippen molar-refractivity contribution in [2.75, 3.05) is 0 Å². The number of carbonyl (C=O) groups is 2. The first-order valence-electron chi connectivity index (χ1n) is 8.93. The van der Waals surface area contributed by atoms with Crippen LogP contribution in [-0.2, 0) is 16.0 Å². The SMILES string of the molecule is CC(C)c1cc(Oc2c(Br)cc(CC(=O)NC(C)(C)C(=O)O)cc2Br)ccc1O. The number of carbonyl (C=O) groups excluding carboxylic acids is 1. The summed E-state index contributed by atoms with van der Waals surface area (Å²) in [6.07, 6.45) is 0.0187. The van der Waals surface area contributed by atoms with Gasteiger partial charge in [0.15, 0.2) is 5.75 Å². The molecule has 0 radical (unpaired) electrons. The van der Waals surface area contributed by atoms with Gasteiger partial charge in [0.1, 0.15) is 17.0 Å². The van der Waals surface area contributed by atoms with Crippen LogP contribution in [0.4, 0.5) is 0 Å². The second-order valence-corrected chi connectivity index (χ2v) is 9.23. The summed E-state index contributed by atoms with van der Waals surface area (Å²) in [5, 5.41) is 21.6. The highest BCUT2D eigenvalue weighted by atomic mass is 79.9. The van der Waals surface area contributed by atoms with Gasteiger partial charge in [-0.3, -0.25) is 4.79 Å². The number of phenols is 1. The Kier molecular flexibility index (Phi) is 7.35. The van der Waals surface area contributed by atoms with E-state index >= 15 is 0 Å². The van der Waals surface area contributed by atoms with Crippen LogP contribution in [0.5, 0.6) is 17.2 Å². The number of carboxylic acid groups (broad SMARTS) is 1. The van der Waals surface area contributed by atoms with Gasteiger partial charge in [0, 0.05) is 5.56 Å². The Balaban J connectivity index is 2.21. The Morgan fingerprint density at radius 2 is 1.72 bits per heavy atom. The Bertz CT molecular complexity index is 918. The number of hydrogen-bond acceptors (Lipinski definition) is 4. The molecule has 0 spiro atoms. The lowest BCUT2D eigenvalue weighted by Gasteiger charge is -2.21. The van der Waals surface area contributed by atoms with E-state index in [2.05, 4.69) is 37.2 Å². The van der Waals surface area contributed by atoms with Crippen molar-refractivity contribution in [2.45, 2.75) is 45.6 Å². The zero-order chi connectivity index (χ0) is 21.9. The number of benzene rings is 2. The predicted octanol–water partition coefficient (Wildman–Crippen LogP) is 5.35. The van der Waals surface area contributed by atoms with E-state index in [1.165, 1.54) is 13.8 Å². The number of carboxylic acids is 1. The molecule has 8 heteroatoms. The molecule has 1 amide bonds. The first kappa shape index (κ1) is 23.2. The minimum atomic E-state index is -1.35. The summed E-state index contributed by atoms with van der Waals surface area (Å²) in [7, 11) is 0. The number of amides is 1. The molecule has 2 aromatic carbocycles. The topological polar surface area (TPSA) is 95.9 Å². The fourth-order valence-corrected chi connectivity index (χ4v) is 4.06. The molecule has 3 N–H and O–H groups in total. The van der Waals surface area contributed by atoms with Gasteiger partial charge in [0.2, 0.25) is 5.91 Å². The van der Waals surface area contributed by atoms with Crippen molar-refractivity contribution in [2.24, 2.45) is 0 Å². The van der Waals surface area contributed by atoms with Crippen molar-refractivity contribution in [1.82, 2.24) is 5.32 Å². The minimum absolute atomic E-state index is 0.0187. The van der Waals surface area contributed by atoms with Gasteiger partial charge in [-0.05, 0) is 87.5 Å². The quantitative estimate of drug-likeness (QED) is 0.450. The van der Waals surface area contributed by atoms with Crippen LogP contribution in [0.15, 0.2) is 39.3 Å². The fourth-order valence-electron chi connectivity index (χ4n) is 2.62. The Morgan fingerprint density at radius 3 is 2.24 bits per heavy atom. The molecule has 0 unspecified atom stereocenters. The van der Waals surface area contributed by atoms with Gasteiger partial charge in [-0.15, -0.1) is 0 Å². The van der Waals surface area contributed by atoms with Crippen LogP contribution in [0, 0.1) is 0 Å². The summed E-state index contributed by atoms with van der Waals surface area (Å²) in [5.74, 6) is -0.0453. The van der Waals surface area contributed by atoms with Crippen LogP contribution >= 0.6 is 31.9 Å². The van der Waals surface area contributed by atoms with Crippen LogP contribution in [0.2, 0.25) is 0 Å². The number of nitrogens with one attached hydrogen (secondary N) is 1. The Labute approximate surface area is 186 Å². The highest BCUT2D eigenvalue weighted by molar-refractivity contribution is 9.11. The highest BCUT2D eigenvalue weighted by Gasteiger charge is 2.29. The summed E-state index contributed by atoms with van der Waals surface area (Å²) in [4.78, 5) is 23.4. The lowest BCUT2D eigenvalue weighted by Crippen LogP contribution is -2.50. The minimum Gasteiger partial charge on any atom is -0.508 e. The van der Waals surface area contributed by atoms with E-state index in [1.807, 2.05) is 13.8 Å². The number of ether oxygens (including phenoxy) is 1. The van der Waals surface area contributed by atoms with Crippen LogP contribution in [-0.4, -0.2) is 27.6 Å². The smallest absolute Gasteiger partial charge is 0.328 e. The largest absolute Gasteiger partial charge is 0.508 e. The number of aromatic hydroxyl groups is 1. The monoisotopic (exact) mass is 527 g/mol. The maximum Gasteiger partial charge on any atom is 0.328 e. The zero-order valence-electron chi connectivity index (χ0n) is 16.5. The molecule has 29 heavy (non-hydrogen) atoms. The van der Waals surface area contributed by atoms with Crippen molar-refractivity contribution < 1.29 is 24.5 Å². The molecular formula is C21H23Br2NO5. The number of rotatable bonds is 7. The van der Waals surface area contributed by atoms with Crippen LogP contribution < -0.4 is 10.1 Å². The van der Waals surface area contributed by atoms with Crippen LogP contribution in [0.3, 0.4) is 0 Å². The molecule has 0 heterocycles. The molecule has 0 atom stereocenters. The Hall–Kier alpha value is -2.06. The standard InChI is InChI=1S/C21H23Br2NO5/c1-11(2)14-10-13(5-6-17(14)25)29-19-15(22)7-12(8-16(19)23)9-18(26)24-21(3,4)20(27)28/h5-8,10-11,25H,9H2,1-4H3,(H,24,26)(H,27,28). The normalized spacial score (nSPS) is 11.4. The van der Waals surface area contributed by atoms with E-state index in [9.17, 15) is 14.7 Å². The highest BCUT2D eigenvalue weighted by Crippen LogP contribution is 2.39. The molecule has 0 fully saturated rings. The van der Waals surface area contributed by atoms with Crippen molar-refractivity contribution >= 4 is 43.7 Å². The van der Waals surface area contributed by atoms with Crippen molar-refractivity contribution in [1.29, 1.82) is 0 Å². The Morgan fingerprint density at radius 1 is 1.14 bits per heavy atom. The average Bonchev–Trinajstić information content (AvgIpc) is 2.58. The van der Waals surface area contributed by atoms with Gasteiger partial charge in [-0.25, -0.2) is 4.79 Å². The number of halogens is 2. The van der Waals surface area contributed by atoms with Gasteiger partial charge in [0.05, 0.1) is 15.4 Å². The van der Waals surface area contributed by atoms with E-state index in [4.69, 9.17) is 9.84 Å². The van der Waals surface area contributed by atoms with Crippen molar-refractivity contribution in [3.05, 3.63) is 50.4 Å². The molecule has 0 bridgehead atoms. The summed E-state index contributed by atoms with van der Waals surface area (Å²) in [6, 6.07) is 8.55. The first-order valence-corrected chi connectivity index (χ1v) is 10.5. The third-order valence-electron chi connectivity index (χ3n) is 4.25. The second kappa shape index (κ2) is 9.17. The van der Waals surface area contributed by atoms with E-state index in [1.54, 1.807) is 30.3 Å². The molecular weight excluding hydrogens is 506 g/mol. The number of hydrogen-bond donors (Lipinski definition) is 3. The first-order chi connectivity index (χ1) is 13.4. The van der Waals surface area contributed by atoms with E-state index in [0.29, 0.717) is 26.0 Å². The van der Waals surface area contributed by atoms with E-state index < -0.39 is 17.4 Å². The summed E-state index contributed by atoms with van der Waals surface area (Å²) in [5.41, 5.74) is 0.120. The molecule has 0 saturated carbocycles. The zero-order valence-corrected chi connectivity index (χ0v) is 19.7. The van der Waals surface area contributed by atoms with E-state index in [0.717, 1.165) is 5.56 Å². The van der Waals surface area contributed by atoms with Crippen molar-refractivity contribution in [3.8, 4) is 17.2 Å². The molecule has 0 aliphatic heterocycles. The summed E-state index contributed by atoms with van der Waals surface area (Å²) < 4.78 is 7.24. The fraction of sp³-hybridized carbons (Fsp3) is 0.333.